The molecule has 0 saturated carbocycles. The van der Waals surface area contributed by atoms with Crippen LogP contribution in [0.5, 0.6) is 5.75 Å². The normalized spacial score (nSPS) is 26.0. The summed E-state index contributed by atoms with van der Waals surface area (Å²) in [4.78, 5) is 1.98. The van der Waals surface area contributed by atoms with Crippen LogP contribution in [0.3, 0.4) is 0 Å². The van der Waals surface area contributed by atoms with Crippen molar-refractivity contribution in [3.63, 3.8) is 0 Å². The molecule has 0 radical (unpaired) electrons. The number of hydrogen-bond donors (Lipinski definition) is 1. The first-order chi connectivity index (χ1) is 10.6. The van der Waals surface area contributed by atoms with E-state index >= 15 is 0 Å². The molecule has 2 atom stereocenters. The molecule has 2 aromatic rings. The first kappa shape index (κ1) is 13.9. The number of benzene rings is 2. The van der Waals surface area contributed by atoms with Crippen molar-refractivity contribution in [2.75, 3.05) is 4.90 Å². The third-order valence-corrected chi connectivity index (χ3v) is 4.89. The van der Waals surface area contributed by atoms with Gasteiger partial charge in [-0.25, -0.2) is 0 Å². The maximum Gasteiger partial charge on any atom is 0.188 e. The monoisotopic (exact) mass is 330 g/mol. The van der Waals surface area contributed by atoms with Crippen molar-refractivity contribution in [1.29, 1.82) is 0 Å². The number of ether oxygens (including phenoxy) is 1. The Morgan fingerprint density at radius 1 is 1.23 bits per heavy atom. The van der Waals surface area contributed by atoms with E-state index in [1.54, 1.807) is 0 Å². The molecule has 2 aromatic carbocycles. The summed E-state index contributed by atoms with van der Waals surface area (Å²) in [5.74, 6) is 0.897. The highest BCUT2D eigenvalue weighted by Crippen LogP contribution is 2.46. The Morgan fingerprint density at radius 3 is 2.77 bits per heavy atom. The van der Waals surface area contributed by atoms with Gasteiger partial charge in [-0.15, -0.1) is 0 Å². The van der Waals surface area contributed by atoms with Gasteiger partial charge in [0, 0.05) is 12.0 Å². The van der Waals surface area contributed by atoms with Crippen molar-refractivity contribution in [3.8, 4) is 5.75 Å². The van der Waals surface area contributed by atoms with Gasteiger partial charge >= 0.3 is 0 Å². The summed E-state index contributed by atoms with van der Waals surface area (Å²) < 4.78 is 6.32. The molecule has 0 spiro atoms. The molecule has 4 rings (SSSR count). The molecule has 0 amide bonds. The van der Waals surface area contributed by atoms with Crippen LogP contribution in [0.1, 0.15) is 24.9 Å². The highest BCUT2D eigenvalue weighted by atomic mass is 35.5. The summed E-state index contributed by atoms with van der Waals surface area (Å²) in [6.07, 6.45) is 0.801. The Labute approximate surface area is 139 Å². The number of nitrogens with zero attached hydrogens (tertiary/aromatic N) is 1. The van der Waals surface area contributed by atoms with Gasteiger partial charge in [-0.2, -0.15) is 0 Å². The summed E-state index contributed by atoms with van der Waals surface area (Å²) in [7, 11) is 0. The zero-order chi connectivity index (χ0) is 15.3. The molecule has 2 aliphatic heterocycles. The number of hydrogen-bond acceptors (Lipinski definition) is 2. The van der Waals surface area contributed by atoms with Crippen molar-refractivity contribution < 1.29 is 4.74 Å². The summed E-state index contributed by atoms with van der Waals surface area (Å²) in [6, 6.07) is 16.0. The molecule has 3 nitrogen and oxygen atoms in total. The van der Waals surface area contributed by atoms with E-state index in [0.717, 1.165) is 23.4 Å². The largest absolute Gasteiger partial charge is 0.467 e. The topological polar surface area (TPSA) is 24.5 Å². The van der Waals surface area contributed by atoms with Crippen LogP contribution in [0.15, 0.2) is 48.5 Å². The lowest BCUT2D eigenvalue weighted by molar-refractivity contribution is 0.0498. The molecule has 2 bridgehead atoms. The van der Waals surface area contributed by atoms with Gasteiger partial charge in [-0.3, -0.25) is 4.90 Å². The van der Waals surface area contributed by atoms with Crippen molar-refractivity contribution >= 4 is 34.6 Å². The summed E-state index contributed by atoms with van der Waals surface area (Å²) in [6.45, 7) is 2.06. The van der Waals surface area contributed by atoms with Crippen LogP contribution < -0.4 is 15.0 Å². The van der Waals surface area contributed by atoms with Gasteiger partial charge in [0.15, 0.2) is 10.8 Å². The van der Waals surface area contributed by atoms with E-state index in [4.69, 9.17) is 28.6 Å². The molecule has 2 heterocycles. The Balaban J connectivity index is 1.84. The lowest BCUT2D eigenvalue weighted by Crippen LogP contribution is -2.65. The van der Waals surface area contributed by atoms with Crippen molar-refractivity contribution in [1.82, 2.24) is 5.32 Å². The van der Waals surface area contributed by atoms with Crippen LogP contribution in [0.4, 0.5) is 5.69 Å². The Morgan fingerprint density at radius 2 is 1.95 bits per heavy atom. The number of anilines is 1. The van der Waals surface area contributed by atoms with E-state index in [2.05, 4.69) is 18.3 Å². The maximum atomic E-state index is 6.38. The van der Waals surface area contributed by atoms with Crippen molar-refractivity contribution in [2.45, 2.75) is 25.1 Å². The van der Waals surface area contributed by atoms with E-state index in [1.165, 1.54) is 0 Å². The number of fused-ring (bicyclic) bond motifs is 4. The fourth-order valence-electron chi connectivity index (χ4n) is 3.32. The van der Waals surface area contributed by atoms with Gasteiger partial charge in [-0.05, 0) is 37.3 Å². The smallest absolute Gasteiger partial charge is 0.188 e. The number of halogens is 1. The summed E-state index contributed by atoms with van der Waals surface area (Å²) in [5, 5.41) is 4.72. The average Bonchev–Trinajstić information content (AvgIpc) is 2.48. The van der Waals surface area contributed by atoms with Crippen molar-refractivity contribution in [3.05, 3.63) is 59.1 Å². The predicted molar refractivity (Wildman–Crippen MR) is 92.5 cm³/mol. The SMILES string of the molecule is CC12CC(NC(=S)N1c1ccccc1Cl)c1ccccc1O2. The molecule has 1 saturated heterocycles. The number of thiocarbonyl (C=S) groups is 1. The summed E-state index contributed by atoms with van der Waals surface area (Å²) >= 11 is 12.0. The van der Waals surface area contributed by atoms with Gasteiger partial charge in [0.1, 0.15) is 5.75 Å². The zero-order valence-electron chi connectivity index (χ0n) is 12.0. The second-order valence-electron chi connectivity index (χ2n) is 5.81. The Bertz CT molecular complexity index is 766. The molecule has 2 aliphatic rings. The van der Waals surface area contributed by atoms with Crippen LogP contribution in [-0.4, -0.2) is 10.8 Å². The van der Waals surface area contributed by atoms with E-state index in [1.807, 2.05) is 47.4 Å². The first-order valence-corrected chi connectivity index (χ1v) is 8.00. The molecular formula is C17H15ClN2OS. The highest BCUT2D eigenvalue weighted by Gasteiger charge is 2.48. The fraction of sp³-hybridized carbons (Fsp3) is 0.235. The van der Waals surface area contributed by atoms with Gasteiger partial charge < -0.3 is 10.1 Å². The van der Waals surface area contributed by atoms with E-state index in [-0.39, 0.29) is 6.04 Å². The van der Waals surface area contributed by atoms with Crippen LogP contribution >= 0.6 is 23.8 Å². The Kier molecular flexibility index (Phi) is 3.06. The minimum absolute atomic E-state index is 0.168. The highest BCUT2D eigenvalue weighted by molar-refractivity contribution is 7.80. The number of nitrogens with one attached hydrogen (secondary N) is 1. The van der Waals surface area contributed by atoms with Crippen LogP contribution in [0, 0.1) is 0 Å². The molecule has 0 aromatic heterocycles. The molecule has 5 heteroatoms. The minimum Gasteiger partial charge on any atom is -0.467 e. The van der Waals surface area contributed by atoms with Crippen LogP contribution in [0.25, 0.3) is 0 Å². The lowest BCUT2D eigenvalue weighted by Gasteiger charge is -2.52. The molecule has 0 aliphatic carbocycles. The number of para-hydroxylation sites is 2. The second kappa shape index (κ2) is 4.86. The quantitative estimate of drug-likeness (QED) is 0.789. The predicted octanol–water partition coefficient (Wildman–Crippen LogP) is 4.27. The summed E-state index contributed by atoms with van der Waals surface area (Å²) in [5.41, 5.74) is 1.47. The maximum absolute atomic E-state index is 6.38. The third-order valence-electron chi connectivity index (χ3n) is 4.27. The van der Waals surface area contributed by atoms with Gasteiger partial charge in [0.05, 0.1) is 16.8 Å². The first-order valence-electron chi connectivity index (χ1n) is 7.22. The average molecular weight is 331 g/mol. The van der Waals surface area contributed by atoms with E-state index < -0.39 is 5.72 Å². The minimum atomic E-state index is -0.549. The van der Waals surface area contributed by atoms with Crippen LogP contribution in [-0.2, 0) is 0 Å². The third kappa shape index (κ3) is 1.98. The van der Waals surface area contributed by atoms with Crippen molar-refractivity contribution in [2.24, 2.45) is 0 Å². The number of rotatable bonds is 1. The van der Waals surface area contributed by atoms with E-state index in [9.17, 15) is 0 Å². The molecule has 2 unspecified atom stereocenters. The zero-order valence-corrected chi connectivity index (χ0v) is 13.6. The van der Waals surface area contributed by atoms with Crippen LogP contribution in [0.2, 0.25) is 5.02 Å². The van der Waals surface area contributed by atoms with Gasteiger partial charge in [0.2, 0.25) is 0 Å². The standard InChI is InChI=1S/C17H15ClN2OS/c1-17-10-13(11-6-2-5-9-15(11)21-17)19-16(22)20(17)14-8-4-3-7-12(14)18/h2-9,13H,10H2,1H3,(H,19,22). The molecule has 22 heavy (non-hydrogen) atoms. The molecule has 1 N–H and O–H groups in total. The Hall–Kier alpha value is -1.78. The lowest BCUT2D eigenvalue weighted by atomic mass is 9.90. The van der Waals surface area contributed by atoms with E-state index in [0.29, 0.717) is 10.1 Å². The molecule has 1 fully saturated rings. The second-order valence-corrected chi connectivity index (χ2v) is 6.60. The van der Waals surface area contributed by atoms with Gasteiger partial charge in [-0.1, -0.05) is 41.9 Å². The molecular weight excluding hydrogens is 316 g/mol. The fourth-order valence-corrected chi connectivity index (χ4v) is 3.97. The van der Waals surface area contributed by atoms with Gasteiger partial charge in [0.25, 0.3) is 0 Å². The molecule has 112 valence electrons.